The van der Waals surface area contributed by atoms with Gasteiger partial charge >= 0.3 is 0 Å². The standard InChI is InChI=1S/C18H19N3O3/c1-10(2)15-9-12(11-5-3-4-6-13(11)19-15)17(23)20-14-7-8-16(22)21-18(14)24/h3-6,9-10,14H,7-8H2,1-2H3,(H,20,23)(H,21,22,24). The SMILES string of the molecule is CC(C)c1cc(C(=O)NC2CCC(=O)NC2=O)c2ccccc2n1. The molecular weight excluding hydrogens is 306 g/mol. The number of nitrogens with zero attached hydrogens (tertiary/aromatic N) is 1. The van der Waals surface area contributed by atoms with Crippen LogP contribution in [0.1, 0.15) is 48.7 Å². The van der Waals surface area contributed by atoms with Gasteiger partial charge in [-0.3, -0.25) is 24.7 Å². The van der Waals surface area contributed by atoms with Gasteiger partial charge in [0, 0.05) is 17.5 Å². The van der Waals surface area contributed by atoms with Gasteiger partial charge in [0.05, 0.1) is 11.1 Å². The molecule has 2 aromatic rings. The normalized spacial score (nSPS) is 17.9. The summed E-state index contributed by atoms with van der Waals surface area (Å²) in [5.41, 5.74) is 2.06. The Morgan fingerprint density at radius 1 is 1.29 bits per heavy atom. The van der Waals surface area contributed by atoms with E-state index >= 15 is 0 Å². The predicted octanol–water partition coefficient (Wildman–Crippen LogP) is 1.89. The molecule has 24 heavy (non-hydrogen) atoms. The molecule has 1 unspecified atom stereocenters. The minimum Gasteiger partial charge on any atom is -0.340 e. The van der Waals surface area contributed by atoms with Gasteiger partial charge in [0.25, 0.3) is 5.91 Å². The molecule has 1 aromatic carbocycles. The van der Waals surface area contributed by atoms with Crippen LogP contribution in [0.2, 0.25) is 0 Å². The van der Waals surface area contributed by atoms with E-state index in [2.05, 4.69) is 15.6 Å². The molecular formula is C18H19N3O3. The third kappa shape index (κ3) is 3.13. The molecule has 0 spiro atoms. The summed E-state index contributed by atoms with van der Waals surface area (Å²) in [4.78, 5) is 40.4. The van der Waals surface area contributed by atoms with Crippen LogP contribution in [0.4, 0.5) is 0 Å². The summed E-state index contributed by atoms with van der Waals surface area (Å²) < 4.78 is 0. The van der Waals surface area contributed by atoms with Crippen molar-refractivity contribution >= 4 is 28.6 Å². The first-order valence-corrected chi connectivity index (χ1v) is 8.00. The van der Waals surface area contributed by atoms with Crippen LogP contribution >= 0.6 is 0 Å². The van der Waals surface area contributed by atoms with Crippen molar-refractivity contribution in [2.24, 2.45) is 0 Å². The lowest BCUT2D eigenvalue weighted by Crippen LogP contribution is -2.52. The number of carbonyl (C=O) groups is 3. The van der Waals surface area contributed by atoms with Crippen molar-refractivity contribution in [1.29, 1.82) is 0 Å². The van der Waals surface area contributed by atoms with E-state index in [0.717, 1.165) is 16.6 Å². The number of para-hydroxylation sites is 1. The first-order valence-electron chi connectivity index (χ1n) is 8.00. The maximum absolute atomic E-state index is 12.7. The molecule has 0 radical (unpaired) electrons. The number of piperidine rings is 1. The molecule has 2 N–H and O–H groups in total. The number of aromatic nitrogens is 1. The third-order valence-electron chi connectivity index (χ3n) is 4.12. The maximum Gasteiger partial charge on any atom is 0.252 e. The van der Waals surface area contributed by atoms with Gasteiger partial charge in [0.1, 0.15) is 6.04 Å². The van der Waals surface area contributed by atoms with Crippen molar-refractivity contribution in [3.05, 3.63) is 41.6 Å². The number of rotatable bonds is 3. The van der Waals surface area contributed by atoms with E-state index in [1.807, 2.05) is 38.1 Å². The highest BCUT2D eigenvalue weighted by molar-refractivity contribution is 6.09. The first kappa shape index (κ1) is 16.1. The molecule has 2 heterocycles. The summed E-state index contributed by atoms with van der Waals surface area (Å²) in [6.45, 7) is 4.03. The summed E-state index contributed by atoms with van der Waals surface area (Å²) in [6.07, 6.45) is 0.543. The van der Waals surface area contributed by atoms with Gasteiger partial charge in [-0.1, -0.05) is 32.0 Å². The zero-order chi connectivity index (χ0) is 17.3. The van der Waals surface area contributed by atoms with Crippen molar-refractivity contribution in [2.45, 2.75) is 38.6 Å². The minimum absolute atomic E-state index is 0.178. The van der Waals surface area contributed by atoms with Crippen LogP contribution in [-0.2, 0) is 9.59 Å². The van der Waals surface area contributed by atoms with Gasteiger partial charge < -0.3 is 5.32 Å². The molecule has 1 aromatic heterocycles. The number of hydrogen-bond donors (Lipinski definition) is 2. The van der Waals surface area contributed by atoms with Gasteiger partial charge in [-0.15, -0.1) is 0 Å². The van der Waals surface area contributed by atoms with E-state index in [1.165, 1.54) is 0 Å². The molecule has 1 atom stereocenters. The summed E-state index contributed by atoms with van der Waals surface area (Å²) in [7, 11) is 0. The van der Waals surface area contributed by atoms with E-state index in [9.17, 15) is 14.4 Å². The van der Waals surface area contributed by atoms with Gasteiger partial charge in [-0.2, -0.15) is 0 Å². The predicted molar refractivity (Wildman–Crippen MR) is 89.5 cm³/mol. The highest BCUT2D eigenvalue weighted by Crippen LogP contribution is 2.22. The maximum atomic E-state index is 12.7. The summed E-state index contributed by atoms with van der Waals surface area (Å²) >= 11 is 0. The summed E-state index contributed by atoms with van der Waals surface area (Å²) in [5, 5.41) is 5.72. The fraction of sp³-hybridized carbons (Fsp3) is 0.333. The zero-order valence-corrected chi connectivity index (χ0v) is 13.6. The van der Waals surface area contributed by atoms with Crippen LogP contribution in [0.5, 0.6) is 0 Å². The monoisotopic (exact) mass is 325 g/mol. The Kier molecular flexibility index (Phi) is 4.29. The second kappa shape index (κ2) is 6.39. The molecule has 0 saturated carbocycles. The van der Waals surface area contributed by atoms with Crippen molar-refractivity contribution in [3.63, 3.8) is 0 Å². The third-order valence-corrected chi connectivity index (χ3v) is 4.12. The Labute approximate surface area is 139 Å². The molecule has 0 aliphatic carbocycles. The van der Waals surface area contributed by atoms with E-state index in [1.54, 1.807) is 6.07 Å². The van der Waals surface area contributed by atoms with Gasteiger partial charge in [-0.25, -0.2) is 0 Å². The molecule has 3 amide bonds. The average Bonchev–Trinajstić information content (AvgIpc) is 2.56. The quantitative estimate of drug-likeness (QED) is 0.844. The van der Waals surface area contributed by atoms with Crippen molar-refractivity contribution in [1.82, 2.24) is 15.6 Å². The highest BCUT2D eigenvalue weighted by atomic mass is 16.2. The molecule has 3 rings (SSSR count). The Morgan fingerprint density at radius 2 is 2.04 bits per heavy atom. The molecule has 1 fully saturated rings. The van der Waals surface area contributed by atoms with Crippen LogP contribution in [0.3, 0.4) is 0 Å². The lowest BCUT2D eigenvalue weighted by molar-refractivity contribution is -0.134. The molecule has 6 heteroatoms. The number of nitrogens with one attached hydrogen (secondary N) is 2. The van der Waals surface area contributed by atoms with Crippen LogP contribution in [0.15, 0.2) is 30.3 Å². The van der Waals surface area contributed by atoms with Crippen molar-refractivity contribution in [3.8, 4) is 0 Å². The Hall–Kier alpha value is -2.76. The van der Waals surface area contributed by atoms with Gasteiger partial charge in [-0.05, 0) is 24.5 Å². The Morgan fingerprint density at radius 3 is 2.75 bits per heavy atom. The van der Waals surface area contributed by atoms with Crippen LogP contribution in [0.25, 0.3) is 10.9 Å². The number of hydrogen-bond acceptors (Lipinski definition) is 4. The molecule has 1 aliphatic heterocycles. The largest absolute Gasteiger partial charge is 0.340 e. The fourth-order valence-electron chi connectivity index (χ4n) is 2.75. The average molecular weight is 325 g/mol. The van der Waals surface area contributed by atoms with E-state index in [-0.39, 0.29) is 24.2 Å². The lowest BCUT2D eigenvalue weighted by Gasteiger charge is -2.22. The van der Waals surface area contributed by atoms with Gasteiger partial charge in [0.2, 0.25) is 11.8 Å². The van der Waals surface area contributed by atoms with Crippen molar-refractivity contribution < 1.29 is 14.4 Å². The molecule has 1 aliphatic rings. The second-order valence-corrected chi connectivity index (χ2v) is 6.24. The fourth-order valence-corrected chi connectivity index (χ4v) is 2.75. The van der Waals surface area contributed by atoms with Gasteiger partial charge in [0.15, 0.2) is 0 Å². The smallest absolute Gasteiger partial charge is 0.252 e. The zero-order valence-electron chi connectivity index (χ0n) is 13.6. The lowest BCUT2D eigenvalue weighted by atomic mass is 10.0. The number of benzene rings is 1. The van der Waals surface area contributed by atoms with Crippen LogP contribution in [0, 0.1) is 0 Å². The minimum atomic E-state index is -0.690. The first-order chi connectivity index (χ1) is 11.5. The second-order valence-electron chi connectivity index (χ2n) is 6.24. The number of carbonyl (C=O) groups excluding carboxylic acids is 3. The van der Waals surface area contributed by atoms with Crippen LogP contribution < -0.4 is 10.6 Å². The summed E-state index contributed by atoms with van der Waals surface area (Å²) in [6, 6.07) is 8.51. The number of pyridine rings is 1. The number of imide groups is 1. The van der Waals surface area contributed by atoms with E-state index < -0.39 is 11.9 Å². The van der Waals surface area contributed by atoms with E-state index in [4.69, 9.17) is 0 Å². The molecule has 1 saturated heterocycles. The number of fused-ring (bicyclic) bond motifs is 1. The number of amides is 3. The molecule has 6 nitrogen and oxygen atoms in total. The van der Waals surface area contributed by atoms with Crippen molar-refractivity contribution in [2.75, 3.05) is 0 Å². The Balaban J connectivity index is 1.94. The topological polar surface area (TPSA) is 88.2 Å². The molecule has 124 valence electrons. The van der Waals surface area contributed by atoms with E-state index in [0.29, 0.717) is 12.0 Å². The highest BCUT2D eigenvalue weighted by Gasteiger charge is 2.28. The Bertz CT molecular complexity index is 829. The molecule has 0 bridgehead atoms. The summed E-state index contributed by atoms with van der Waals surface area (Å²) in [5.74, 6) is -0.911. The van der Waals surface area contributed by atoms with Crippen LogP contribution in [-0.4, -0.2) is 28.7 Å².